The lowest BCUT2D eigenvalue weighted by Gasteiger charge is -2.01. The molecule has 0 aliphatic carbocycles. The fourth-order valence-electron chi connectivity index (χ4n) is 2.32. The molecule has 0 bridgehead atoms. The molecule has 2 aromatic heterocycles. The lowest BCUT2D eigenvalue weighted by molar-refractivity contribution is -0.686. The second-order valence-corrected chi connectivity index (χ2v) is 6.04. The molecule has 0 amide bonds. The number of hydrogen-bond donors (Lipinski definition) is 0. The number of aromatic nitrogens is 3. The van der Waals surface area contributed by atoms with Crippen molar-refractivity contribution in [3.8, 4) is 0 Å². The summed E-state index contributed by atoms with van der Waals surface area (Å²) in [7, 11) is 0. The maximum atomic E-state index is 6.31. The Kier molecular flexibility index (Phi) is 3.87. The van der Waals surface area contributed by atoms with Crippen LogP contribution < -0.4 is 4.57 Å². The van der Waals surface area contributed by atoms with E-state index >= 15 is 0 Å². The van der Waals surface area contributed by atoms with Crippen LogP contribution in [-0.4, -0.2) is 9.55 Å². The predicted octanol–water partition coefficient (Wildman–Crippen LogP) is 4.26. The molecule has 21 heavy (non-hydrogen) atoms. The molecule has 3 aromatic rings. The average molecular weight is 321 g/mol. The topological polar surface area (TPSA) is 21.7 Å². The van der Waals surface area contributed by atoms with Gasteiger partial charge in [-0.3, -0.25) is 0 Å². The van der Waals surface area contributed by atoms with Crippen molar-refractivity contribution in [2.75, 3.05) is 0 Å². The van der Waals surface area contributed by atoms with E-state index in [9.17, 15) is 0 Å². The molecular formula is C16H16Cl2N3+. The predicted molar refractivity (Wildman–Crippen MR) is 85.9 cm³/mol. The van der Waals surface area contributed by atoms with Crippen molar-refractivity contribution in [1.82, 2.24) is 9.55 Å². The van der Waals surface area contributed by atoms with Crippen molar-refractivity contribution >= 4 is 34.1 Å². The van der Waals surface area contributed by atoms with Gasteiger partial charge >= 0.3 is 0 Å². The van der Waals surface area contributed by atoms with E-state index in [1.807, 2.05) is 39.7 Å². The minimum absolute atomic E-state index is 0.265. The molecule has 0 radical (unpaired) electrons. The zero-order chi connectivity index (χ0) is 15.0. The summed E-state index contributed by atoms with van der Waals surface area (Å²) in [6.45, 7) is 4.74. The first kappa shape index (κ1) is 14.4. The summed E-state index contributed by atoms with van der Waals surface area (Å²) in [5, 5.41) is 2.24. The highest BCUT2D eigenvalue weighted by atomic mass is 35.5. The molecule has 0 atom stereocenters. The Morgan fingerprint density at radius 3 is 2.62 bits per heavy atom. The van der Waals surface area contributed by atoms with Gasteiger partial charge in [0.2, 0.25) is 6.33 Å². The summed E-state index contributed by atoms with van der Waals surface area (Å²) >= 11 is 12.6. The van der Waals surface area contributed by atoms with Crippen LogP contribution in [0.1, 0.15) is 25.6 Å². The first-order valence-electron chi connectivity index (χ1n) is 6.86. The first-order chi connectivity index (χ1) is 10.1. The Hall–Kier alpha value is -1.58. The Labute approximate surface area is 133 Å². The number of rotatable bonds is 3. The van der Waals surface area contributed by atoms with Crippen LogP contribution in [0.15, 0.2) is 42.7 Å². The van der Waals surface area contributed by atoms with E-state index in [0.717, 1.165) is 16.6 Å². The minimum atomic E-state index is 0.265. The number of nitrogens with zero attached hydrogens (tertiary/aromatic N) is 3. The van der Waals surface area contributed by atoms with Crippen molar-refractivity contribution in [2.24, 2.45) is 0 Å². The molecule has 0 unspecified atom stereocenters. The number of benzene rings is 1. The van der Waals surface area contributed by atoms with Crippen molar-refractivity contribution in [3.63, 3.8) is 0 Å². The van der Waals surface area contributed by atoms with Crippen LogP contribution in [0.3, 0.4) is 0 Å². The van der Waals surface area contributed by atoms with E-state index in [0.29, 0.717) is 16.9 Å². The quantitative estimate of drug-likeness (QED) is 0.661. The van der Waals surface area contributed by atoms with Crippen molar-refractivity contribution in [1.29, 1.82) is 0 Å². The lowest BCUT2D eigenvalue weighted by atomic mass is 10.2. The third-order valence-electron chi connectivity index (χ3n) is 3.46. The maximum absolute atomic E-state index is 6.31. The molecule has 5 heteroatoms. The van der Waals surface area contributed by atoms with Crippen molar-refractivity contribution in [3.05, 3.63) is 58.7 Å². The fourth-order valence-corrected chi connectivity index (χ4v) is 2.87. The highest BCUT2D eigenvalue weighted by molar-refractivity contribution is 6.39. The minimum Gasteiger partial charge on any atom is -0.249 e. The molecule has 3 rings (SSSR count). The third kappa shape index (κ3) is 2.76. The van der Waals surface area contributed by atoms with E-state index in [4.69, 9.17) is 23.2 Å². The van der Waals surface area contributed by atoms with Crippen LogP contribution in [-0.2, 0) is 6.54 Å². The van der Waals surface area contributed by atoms with Gasteiger partial charge in [-0.2, -0.15) is 0 Å². The van der Waals surface area contributed by atoms with Gasteiger partial charge in [-0.05, 0) is 49.2 Å². The summed E-state index contributed by atoms with van der Waals surface area (Å²) < 4.78 is 3.87. The summed E-state index contributed by atoms with van der Waals surface area (Å²) in [5.41, 5.74) is 1.94. The number of hydrogen-bond acceptors (Lipinski definition) is 1. The van der Waals surface area contributed by atoms with Crippen LogP contribution in [0.25, 0.3) is 10.9 Å². The smallest absolute Gasteiger partial charge is 0.249 e. The van der Waals surface area contributed by atoms with Crippen LogP contribution in [0, 0.1) is 0 Å². The second kappa shape index (κ2) is 5.66. The molecule has 2 heterocycles. The zero-order valence-electron chi connectivity index (χ0n) is 11.9. The zero-order valence-corrected chi connectivity index (χ0v) is 13.4. The van der Waals surface area contributed by atoms with Gasteiger partial charge < -0.3 is 0 Å². The SMILES string of the molecule is CC(C)n1c[n+](Cc2ccc3ccccc3n2)c(Cl)c1Cl. The molecule has 0 saturated carbocycles. The second-order valence-electron chi connectivity index (χ2n) is 5.32. The number of fused-ring (bicyclic) bond motifs is 1. The highest BCUT2D eigenvalue weighted by Gasteiger charge is 2.22. The maximum Gasteiger partial charge on any atom is 0.255 e. The van der Waals surface area contributed by atoms with E-state index in [2.05, 4.69) is 31.0 Å². The molecule has 1 aromatic carbocycles. The fraction of sp³-hybridized carbons (Fsp3) is 0.250. The molecular weight excluding hydrogens is 305 g/mol. The van der Waals surface area contributed by atoms with Gasteiger partial charge in [-0.1, -0.05) is 24.3 Å². The molecule has 0 fully saturated rings. The number of halogens is 2. The van der Waals surface area contributed by atoms with E-state index in [1.165, 1.54) is 0 Å². The van der Waals surface area contributed by atoms with Crippen LogP contribution >= 0.6 is 23.2 Å². The monoisotopic (exact) mass is 320 g/mol. The largest absolute Gasteiger partial charge is 0.255 e. The summed E-state index contributed by atoms with van der Waals surface area (Å²) in [5.74, 6) is 0. The molecule has 0 aliphatic rings. The molecule has 0 N–H and O–H groups in total. The normalized spacial score (nSPS) is 11.5. The number of imidazole rings is 1. The molecule has 0 spiro atoms. The Morgan fingerprint density at radius 1 is 1.14 bits per heavy atom. The lowest BCUT2D eigenvalue weighted by Crippen LogP contribution is -2.34. The van der Waals surface area contributed by atoms with Crippen LogP contribution in [0.2, 0.25) is 10.3 Å². The Morgan fingerprint density at radius 2 is 1.90 bits per heavy atom. The van der Waals surface area contributed by atoms with E-state index < -0.39 is 0 Å². The number of para-hydroxylation sites is 1. The standard InChI is InChI=1S/C16H16Cl2N3/c1-11(2)21-10-20(15(17)16(21)18)9-13-8-7-12-5-3-4-6-14(12)19-13/h3-8,10-11H,9H2,1-2H3/q+1. The van der Waals surface area contributed by atoms with Crippen molar-refractivity contribution in [2.45, 2.75) is 26.4 Å². The Balaban J connectivity index is 1.96. The Bertz CT molecular complexity index is 793. The first-order valence-corrected chi connectivity index (χ1v) is 7.62. The van der Waals surface area contributed by atoms with Crippen LogP contribution in [0.5, 0.6) is 0 Å². The molecule has 0 saturated heterocycles. The van der Waals surface area contributed by atoms with Gasteiger partial charge in [0.25, 0.3) is 10.3 Å². The van der Waals surface area contributed by atoms with Gasteiger partial charge in [-0.25, -0.2) is 14.1 Å². The molecule has 0 aliphatic heterocycles. The van der Waals surface area contributed by atoms with Gasteiger partial charge in [0.1, 0.15) is 6.54 Å². The average Bonchev–Trinajstić information content (AvgIpc) is 2.76. The van der Waals surface area contributed by atoms with E-state index in [-0.39, 0.29) is 6.04 Å². The van der Waals surface area contributed by atoms with Gasteiger partial charge in [0.05, 0.1) is 17.3 Å². The highest BCUT2D eigenvalue weighted by Crippen LogP contribution is 2.22. The van der Waals surface area contributed by atoms with Gasteiger partial charge in [0, 0.05) is 5.39 Å². The van der Waals surface area contributed by atoms with Crippen LogP contribution in [0.4, 0.5) is 0 Å². The molecule has 108 valence electrons. The number of pyridine rings is 1. The molecule has 3 nitrogen and oxygen atoms in total. The third-order valence-corrected chi connectivity index (χ3v) is 4.32. The van der Waals surface area contributed by atoms with E-state index in [1.54, 1.807) is 0 Å². The van der Waals surface area contributed by atoms with Gasteiger partial charge in [0.15, 0.2) is 0 Å². The summed E-state index contributed by atoms with van der Waals surface area (Å²) in [4.78, 5) is 4.66. The summed E-state index contributed by atoms with van der Waals surface area (Å²) in [6.07, 6.45) is 1.94. The van der Waals surface area contributed by atoms with Crippen molar-refractivity contribution < 1.29 is 4.57 Å². The summed E-state index contributed by atoms with van der Waals surface area (Å²) in [6, 6.07) is 12.4. The van der Waals surface area contributed by atoms with Gasteiger partial charge in [-0.15, -0.1) is 0 Å².